The summed E-state index contributed by atoms with van der Waals surface area (Å²) in [5, 5.41) is 7.57. The summed E-state index contributed by atoms with van der Waals surface area (Å²) in [5.41, 5.74) is 1.13. The van der Waals surface area contributed by atoms with E-state index in [-0.39, 0.29) is 12.4 Å². The Morgan fingerprint density at radius 2 is 1.44 bits per heavy atom. The third kappa shape index (κ3) is 16.5. The molecule has 0 saturated heterocycles. The van der Waals surface area contributed by atoms with Crippen LogP contribution in [0.2, 0.25) is 0 Å². The number of ether oxygens (including phenoxy) is 1. The van der Waals surface area contributed by atoms with Gasteiger partial charge in [0.1, 0.15) is 5.75 Å². The van der Waals surface area contributed by atoms with Crippen LogP contribution in [0.25, 0.3) is 0 Å². The van der Waals surface area contributed by atoms with Gasteiger partial charge in [0.05, 0.1) is 7.11 Å². The number of Topliss-reactive ketones (excluding diaryl/α,β-unsaturated/α-hetero) is 1. The summed E-state index contributed by atoms with van der Waals surface area (Å²) in [4.78, 5) is 11.9. The number of carbonyl (C=O) groups excluding carboxylic acids is 1. The Morgan fingerprint density at radius 3 is 1.72 bits per heavy atom. The maximum atomic E-state index is 11.9. The van der Waals surface area contributed by atoms with E-state index in [1.54, 1.807) is 50.5 Å². The largest absolute Gasteiger partial charge is 0.497 e. The van der Waals surface area contributed by atoms with Gasteiger partial charge >= 0.3 is 0 Å². The Bertz CT molecular complexity index is 466. The molecule has 1 aromatic carbocycles. The molecule has 0 spiro atoms. The van der Waals surface area contributed by atoms with Crippen molar-refractivity contribution in [3.63, 3.8) is 0 Å². The predicted octanol–water partition coefficient (Wildman–Crippen LogP) is 6.01. The number of hydrogen-bond donors (Lipinski definition) is 1. The van der Waals surface area contributed by atoms with E-state index in [1.807, 2.05) is 0 Å². The van der Waals surface area contributed by atoms with Gasteiger partial charge in [0.25, 0.3) is 0 Å². The molecule has 0 amide bonds. The quantitative estimate of drug-likeness (QED) is 0.403. The molecule has 0 bridgehead atoms. The zero-order valence-corrected chi connectivity index (χ0v) is 16.8. The van der Waals surface area contributed by atoms with Gasteiger partial charge in [0.2, 0.25) is 0 Å². The first-order chi connectivity index (χ1) is 12.0. The molecule has 0 aromatic heterocycles. The number of benzene rings is 1. The molecule has 3 nitrogen and oxygen atoms in total. The summed E-state index contributed by atoms with van der Waals surface area (Å²) in [5.74, 6) is 0.655. The molecule has 0 aliphatic carbocycles. The van der Waals surface area contributed by atoms with E-state index in [2.05, 4.69) is 40.9 Å². The third-order valence-electron chi connectivity index (χ3n) is 2.13. The van der Waals surface area contributed by atoms with Crippen LogP contribution in [0.4, 0.5) is 0 Å². The summed E-state index contributed by atoms with van der Waals surface area (Å²) >= 11 is 0. The molecule has 0 aliphatic heterocycles. The fourth-order valence-corrected chi connectivity index (χ4v) is 1.27. The molecule has 1 rings (SSSR count). The van der Waals surface area contributed by atoms with Gasteiger partial charge in [-0.15, -0.1) is 0 Å². The van der Waals surface area contributed by atoms with Crippen molar-refractivity contribution < 1.29 is 14.6 Å². The number of aliphatic hydroxyl groups excluding tert-OH is 1. The molecule has 0 unspecified atom stereocenters. The van der Waals surface area contributed by atoms with Crippen LogP contribution in [0.1, 0.15) is 57.8 Å². The van der Waals surface area contributed by atoms with E-state index in [9.17, 15) is 4.79 Å². The van der Waals surface area contributed by atoms with Crippen LogP contribution >= 0.6 is 0 Å². The molecular weight excluding hydrogens is 312 g/mol. The van der Waals surface area contributed by atoms with Crippen molar-refractivity contribution in [2.75, 3.05) is 13.7 Å². The lowest BCUT2D eigenvalue weighted by Gasteiger charge is -2.03. The highest BCUT2D eigenvalue weighted by Gasteiger charge is 2.08. The minimum absolute atomic E-state index is 0.0717. The third-order valence-corrected chi connectivity index (χ3v) is 2.13. The molecule has 25 heavy (non-hydrogen) atoms. The second-order valence-electron chi connectivity index (χ2n) is 4.85. The second-order valence-corrected chi connectivity index (χ2v) is 4.85. The van der Waals surface area contributed by atoms with E-state index in [0.29, 0.717) is 11.1 Å². The molecule has 1 N–H and O–H groups in total. The Morgan fingerprint density at radius 1 is 1.04 bits per heavy atom. The molecule has 142 valence electrons. The van der Waals surface area contributed by atoms with Crippen molar-refractivity contribution in [2.24, 2.45) is 0 Å². The first-order valence-corrected chi connectivity index (χ1v) is 8.72. The van der Waals surface area contributed by atoms with E-state index in [1.165, 1.54) is 18.9 Å². The van der Waals surface area contributed by atoms with E-state index >= 15 is 0 Å². The predicted molar refractivity (Wildman–Crippen MR) is 110 cm³/mol. The van der Waals surface area contributed by atoms with Crippen LogP contribution in [0.5, 0.6) is 5.75 Å². The van der Waals surface area contributed by atoms with E-state index in [0.717, 1.165) is 5.75 Å². The van der Waals surface area contributed by atoms with Crippen molar-refractivity contribution in [2.45, 2.75) is 47.5 Å². The lowest BCUT2D eigenvalue weighted by Crippen LogP contribution is -2.01. The van der Waals surface area contributed by atoms with E-state index < -0.39 is 0 Å². The van der Waals surface area contributed by atoms with Crippen LogP contribution in [-0.2, 0) is 0 Å². The Kier molecular flexibility index (Phi) is 24.2. The minimum Gasteiger partial charge on any atom is -0.497 e. The first kappa shape index (κ1) is 27.7. The normalized spacial score (nSPS) is 9.00. The molecule has 0 aliphatic rings. The summed E-state index contributed by atoms with van der Waals surface area (Å²) in [6.07, 6.45) is 7.23. The Hall–Kier alpha value is -2.13. The standard InChI is InChI=1S/C14H14O2.2C3H8.C2H6O/c1-4-6-11(5-2)14(15)12-7-9-13(16-3)10-8-12;2*1-3-2;1-2-3/h4-10H,1-2H2,3H3;2*3H2,1-2H3;3H,2H2,1H3/b11-6+;;;. The van der Waals surface area contributed by atoms with Gasteiger partial charge in [-0.2, -0.15) is 0 Å². The van der Waals surface area contributed by atoms with Gasteiger partial charge in [0.15, 0.2) is 5.78 Å². The van der Waals surface area contributed by atoms with Crippen molar-refractivity contribution in [3.05, 3.63) is 66.8 Å². The van der Waals surface area contributed by atoms with Gasteiger partial charge in [-0.05, 0) is 31.2 Å². The number of allylic oxidation sites excluding steroid dienone is 4. The number of aliphatic hydroxyl groups is 1. The summed E-state index contributed by atoms with van der Waals surface area (Å²) in [7, 11) is 1.59. The summed E-state index contributed by atoms with van der Waals surface area (Å²) < 4.78 is 5.02. The molecule has 0 fully saturated rings. The van der Waals surface area contributed by atoms with Gasteiger partial charge in [-0.1, -0.05) is 71.9 Å². The van der Waals surface area contributed by atoms with Crippen molar-refractivity contribution in [3.8, 4) is 5.75 Å². The number of ketones is 1. The van der Waals surface area contributed by atoms with E-state index in [4.69, 9.17) is 9.84 Å². The SMILES string of the molecule is C=C/C=C(\C=C)C(=O)c1ccc(OC)cc1.CCC.CCC.CCO. The van der Waals surface area contributed by atoms with Gasteiger partial charge in [0, 0.05) is 17.7 Å². The molecule has 0 radical (unpaired) electrons. The van der Waals surface area contributed by atoms with Crippen molar-refractivity contribution >= 4 is 5.78 Å². The minimum atomic E-state index is -0.0717. The summed E-state index contributed by atoms with van der Waals surface area (Å²) in [6.45, 7) is 17.6. The van der Waals surface area contributed by atoms with Crippen LogP contribution < -0.4 is 4.74 Å². The van der Waals surface area contributed by atoms with Crippen LogP contribution in [0.3, 0.4) is 0 Å². The number of carbonyl (C=O) groups is 1. The first-order valence-electron chi connectivity index (χ1n) is 8.72. The zero-order chi connectivity index (χ0) is 20.1. The maximum absolute atomic E-state index is 11.9. The van der Waals surface area contributed by atoms with Crippen LogP contribution in [0.15, 0.2) is 61.2 Å². The molecule has 0 heterocycles. The van der Waals surface area contributed by atoms with Crippen LogP contribution in [0, 0.1) is 0 Å². The lowest BCUT2D eigenvalue weighted by molar-refractivity contribution is 0.103. The lowest BCUT2D eigenvalue weighted by atomic mass is 10.0. The maximum Gasteiger partial charge on any atom is 0.193 e. The molecule has 3 heteroatoms. The number of hydrogen-bond acceptors (Lipinski definition) is 3. The highest BCUT2D eigenvalue weighted by molar-refractivity contribution is 6.10. The summed E-state index contributed by atoms with van der Waals surface area (Å²) in [6, 6.07) is 6.95. The average Bonchev–Trinajstić information content (AvgIpc) is 2.61. The fraction of sp³-hybridized carbons (Fsp3) is 0.409. The van der Waals surface area contributed by atoms with Crippen molar-refractivity contribution in [1.29, 1.82) is 0 Å². The Labute approximate surface area is 154 Å². The highest BCUT2D eigenvalue weighted by Crippen LogP contribution is 2.15. The second kappa shape index (κ2) is 21.9. The molecule has 1 aromatic rings. The zero-order valence-electron chi connectivity index (χ0n) is 16.8. The molecule has 0 atom stereocenters. The fourth-order valence-electron chi connectivity index (χ4n) is 1.27. The topological polar surface area (TPSA) is 46.5 Å². The van der Waals surface area contributed by atoms with Crippen molar-refractivity contribution in [1.82, 2.24) is 0 Å². The smallest absolute Gasteiger partial charge is 0.193 e. The monoisotopic (exact) mass is 348 g/mol. The van der Waals surface area contributed by atoms with Crippen LogP contribution in [-0.4, -0.2) is 24.6 Å². The number of methoxy groups -OCH3 is 1. The van der Waals surface area contributed by atoms with Gasteiger partial charge in [-0.3, -0.25) is 4.79 Å². The van der Waals surface area contributed by atoms with Gasteiger partial charge < -0.3 is 9.84 Å². The average molecular weight is 349 g/mol. The number of rotatable bonds is 5. The van der Waals surface area contributed by atoms with Gasteiger partial charge in [-0.25, -0.2) is 0 Å². The Balaban J connectivity index is -0.000000451. The molecular formula is C22H36O3. The molecule has 0 saturated carbocycles. The highest BCUT2D eigenvalue weighted by atomic mass is 16.5.